The molecule has 1 atom stereocenters. The second kappa shape index (κ2) is 12.8. The number of nitrogens with zero attached hydrogens (tertiary/aromatic N) is 4. The molecule has 222 valence electrons. The Bertz CT molecular complexity index is 1810. The van der Waals surface area contributed by atoms with Gasteiger partial charge in [0, 0.05) is 35.6 Å². The van der Waals surface area contributed by atoms with Crippen LogP contribution in [0.4, 0.5) is 5.82 Å². The van der Waals surface area contributed by atoms with E-state index in [0.29, 0.717) is 12.4 Å². The summed E-state index contributed by atoms with van der Waals surface area (Å²) in [4.78, 5) is 33.2. The summed E-state index contributed by atoms with van der Waals surface area (Å²) in [6.45, 7) is 4.24. The number of ether oxygens (including phenoxy) is 1. The van der Waals surface area contributed by atoms with Crippen molar-refractivity contribution in [2.45, 2.75) is 25.6 Å². The summed E-state index contributed by atoms with van der Waals surface area (Å²) >= 11 is 1.52. The number of hydrogen-bond donors (Lipinski definition) is 1. The number of rotatable bonds is 8. The first-order chi connectivity index (χ1) is 21.4. The molecule has 0 saturated carbocycles. The first-order valence-electron chi connectivity index (χ1n) is 14.4. The minimum Gasteiger partial charge on any atom is -0.496 e. The molecule has 5 aromatic rings. The number of aryl methyl sites for hydroxylation is 2. The van der Waals surface area contributed by atoms with Gasteiger partial charge in [-0.3, -0.25) is 19.5 Å². The Morgan fingerprint density at radius 1 is 1.02 bits per heavy atom. The quantitative estimate of drug-likeness (QED) is 0.233. The molecule has 2 amide bonds. The Kier molecular flexibility index (Phi) is 8.47. The van der Waals surface area contributed by atoms with Gasteiger partial charge in [-0.15, -0.1) is 11.8 Å². The molecule has 0 radical (unpaired) electrons. The molecule has 0 saturated heterocycles. The van der Waals surface area contributed by atoms with Crippen LogP contribution in [0.3, 0.4) is 0 Å². The number of carbonyl (C=O) groups is 2. The van der Waals surface area contributed by atoms with Crippen LogP contribution in [0, 0.1) is 13.8 Å². The highest BCUT2D eigenvalue weighted by atomic mass is 32.2. The first-order valence-corrected chi connectivity index (χ1v) is 15.5. The summed E-state index contributed by atoms with van der Waals surface area (Å²) in [5, 5.41) is 7.89. The standard InChI is InChI=1S/C35H33N5O3S/c1-23-15-16-28(24(2)18-23)40-35-32(33(38-40)26-11-5-4-6-12-26)34(27-13-7-8-14-29(27)43-3)44-22-31(42)39(35)21-30(41)37-20-25-10-9-17-36-19-25/h4-19,34H,20-22H2,1-3H3,(H,37,41). The molecule has 0 spiro atoms. The minimum atomic E-state index is -0.289. The number of thioether (sulfide) groups is 1. The summed E-state index contributed by atoms with van der Waals surface area (Å²) in [5.74, 6) is 1.04. The molecular weight excluding hydrogens is 570 g/mol. The fourth-order valence-corrected chi connectivity index (χ4v) is 6.79. The zero-order valence-electron chi connectivity index (χ0n) is 24.9. The number of aromatic nitrogens is 3. The lowest BCUT2D eigenvalue weighted by atomic mass is 9.99. The first kappa shape index (κ1) is 29.2. The zero-order valence-corrected chi connectivity index (χ0v) is 25.7. The van der Waals surface area contributed by atoms with E-state index in [1.54, 1.807) is 24.4 Å². The molecule has 0 bridgehead atoms. The Labute approximate surface area is 261 Å². The van der Waals surface area contributed by atoms with Gasteiger partial charge in [-0.05, 0) is 43.2 Å². The fraction of sp³-hybridized carbons (Fsp3) is 0.200. The molecule has 44 heavy (non-hydrogen) atoms. The number of benzene rings is 3. The molecule has 1 N–H and O–H groups in total. The Morgan fingerprint density at radius 2 is 1.82 bits per heavy atom. The molecule has 1 unspecified atom stereocenters. The van der Waals surface area contributed by atoms with Crippen LogP contribution < -0.4 is 15.0 Å². The largest absolute Gasteiger partial charge is 0.496 e. The van der Waals surface area contributed by atoms with E-state index >= 15 is 0 Å². The maximum absolute atomic E-state index is 14.0. The number of carbonyl (C=O) groups excluding carboxylic acids is 2. The smallest absolute Gasteiger partial charge is 0.240 e. The summed E-state index contributed by atoms with van der Waals surface area (Å²) < 4.78 is 7.65. The Morgan fingerprint density at radius 3 is 2.57 bits per heavy atom. The van der Waals surface area contributed by atoms with Crippen molar-refractivity contribution in [3.63, 3.8) is 0 Å². The third-order valence-electron chi connectivity index (χ3n) is 7.65. The van der Waals surface area contributed by atoms with Crippen LogP contribution in [-0.2, 0) is 16.1 Å². The number of fused-ring (bicyclic) bond motifs is 1. The van der Waals surface area contributed by atoms with Gasteiger partial charge < -0.3 is 10.1 Å². The van der Waals surface area contributed by atoms with Gasteiger partial charge in [0.1, 0.15) is 18.1 Å². The predicted molar refractivity (Wildman–Crippen MR) is 174 cm³/mol. The highest BCUT2D eigenvalue weighted by Gasteiger charge is 2.38. The minimum absolute atomic E-state index is 0.157. The van der Waals surface area contributed by atoms with Crippen LogP contribution >= 0.6 is 11.8 Å². The number of amides is 2. The lowest BCUT2D eigenvalue weighted by molar-refractivity contribution is -0.123. The van der Waals surface area contributed by atoms with E-state index in [9.17, 15) is 9.59 Å². The van der Waals surface area contributed by atoms with Crippen LogP contribution in [-0.4, -0.2) is 46.0 Å². The maximum Gasteiger partial charge on any atom is 0.240 e. The lowest BCUT2D eigenvalue weighted by Gasteiger charge is -2.24. The fourth-order valence-electron chi connectivity index (χ4n) is 5.57. The van der Waals surface area contributed by atoms with Gasteiger partial charge in [-0.25, -0.2) is 4.68 Å². The normalized spacial score (nSPS) is 14.6. The van der Waals surface area contributed by atoms with Crippen molar-refractivity contribution in [3.8, 4) is 22.7 Å². The Hall–Kier alpha value is -4.89. The SMILES string of the molecule is COc1ccccc1C1SCC(=O)N(CC(=O)NCc2cccnc2)c2c1c(-c1ccccc1)nn2-c1ccc(C)cc1C. The van der Waals surface area contributed by atoms with E-state index in [4.69, 9.17) is 9.84 Å². The van der Waals surface area contributed by atoms with Gasteiger partial charge in [-0.1, -0.05) is 72.3 Å². The molecule has 1 aliphatic rings. The van der Waals surface area contributed by atoms with E-state index in [0.717, 1.165) is 50.5 Å². The van der Waals surface area contributed by atoms with E-state index in [1.165, 1.54) is 11.8 Å². The lowest BCUT2D eigenvalue weighted by Crippen LogP contribution is -2.42. The number of pyridine rings is 1. The second-order valence-corrected chi connectivity index (χ2v) is 11.8. The van der Waals surface area contributed by atoms with E-state index in [1.807, 2.05) is 97.4 Å². The number of hydrogen-bond acceptors (Lipinski definition) is 6. The van der Waals surface area contributed by atoms with Crippen molar-refractivity contribution >= 4 is 29.4 Å². The van der Waals surface area contributed by atoms with E-state index in [2.05, 4.69) is 16.4 Å². The highest BCUT2D eigenvalue weighted by Crippen LogP contribution is 2.50. The second-order valence-electron chi connectivity index (χ2n) is 10.7. The van der Waals surface area contributed by atoms with Crippen molar-refractivity contribution in [2.24, 2.45) is 0 Å². The van der Waals surface area contributed by atoms with Gasteiger partial charge in [-0.2, -0.15) is 5.10 Å². The van der Waals surface area contributed by atoms with Crippen LogP contribution in [0.5, 0.6) is 5.75 Å². The number of para-hydroxylation sites is 1. The van der Waals surface area contributed by atoms with Crippen molar-refractivity contribution in [1.82, 2.24) is 20.1 Å². The molecule has 8 nitrogen and oxygen atoms in total. The zero-order chi connectivity index (χ0) is 30.6. The van der Waals surface area contributed by atoms with Gasteiger partial charge in [0.05, 0.1) is 29.5 Å². The number of anilines is 1. The van der Waals surface area contributed by atoms with Crippen LogP contribution in [0.2, 0.25) is 0 Å². The number of nitrogens with one attached hydrogen (secondary N) is 1. The van der Waals surface area contributed by atoms with Gasteiger partial charge in [0.25, 0.3) is 0 Å². The van der Waals surface area contributed by atoms with Crippen LogP contribution in [0.1, 0.15) is 33.1 Å². The molecule has 1 aliphatic heterocycles. The molecule has 3 heterocycles. The van der Waals surface area contributed by atoms with Crippen molar-refractivity contribution in [3.05, 3.63) is 125 Å². The maximum atomic E-state index is 14.0. The summed E-state index contributed by atoms with van der Waals surface area (Å²) in [6.07, 6.45) is 3.41. The topological polar surface area (TPSA) is 89.3 Å². The molecule has 3 aromatic carbocycles. The number of methoxy groups -OCH3 is 1. The predicted octanol–water partition coefficient (Wildman–Crippen LogP) is 6.05. The van der Waals surface area contributed by atoms with Crippen LogP contribution in [0.15, 0.2) is 97.3 Å². The van der Waals surface area contributed by atoms with Gasteiger partial charge >= 0.3 is 0 Å². The molecule has 0 fully saturated rings. The average Bonchev–Trinajstić information content (AvgIpc) is 3.37. The highest BCUT2D eigenvalue weighted by molar-refractivity contribution is 8.00. The molecule has 0 aliphatic carbocycles. The van der Waals surface area contributed by atoms with Crippen molar-refractivity contribution in [2.75, 3.05) is 24.3 Å². The van der Waals surface area contributed by atoms with Gasteiger partial charge in [0.15, 0.2) is 0 Å². The van der Waals surface area contributed by atoms with E-state index in [-0.39, 0.29) is 29.4 Å². The summed E-state index contributed by atoms with van der Waals surface area (Å²) in [5.41, 5.74) is 7.32. The molecule has 6 rings (SSSR count). The summed E-state index contributed by atoms with van der Waals surface area (Å²) in [6, 6.07) is 27.7. The van der Waals surface area contributed by atoms with E-state index < -0.39 is 0 Å². The third-order valence-corrected chi connectivity index (χ3v) is 8.89. The Balaban J connectivity index is 1.56. The van der Waals surface area contributed by atoms with Gasteiger partial charge in [0.2, 0.25) is 11.8 Å². The molecule has 2 aromatic heterocycles. The van der Waals surface area contributed by atoms with Crippen molar-refractivity contribution in [1.29, 1.82) is 0 Å². The molecular formula is C35H33N5O3S. The molecule has 9 heteroatoms. The average molecular weight is 604 g/mol. The third kappa shape index (κ3) is 5.83. The summed E-state index contributed by atoms with van der Waals surface area (Å²) in [7, 11) is 1.66. The van der Waals surface area contributed by atoms with Crippen molar-refractivity contribution < 1.29 is 14.3 Å². The van der Waals surface area contributed by atoms with Crippen LogP contribution in [0.25, 0.3) is 16.9 Å². The monoisotopic (exact) mass is 603 g/mol.